The molecule has 0 aliphatic carbocycles. The van der Waals surface area contributed by atoms with Crippen LogP contribution in [0.4, 0.5) is 4.79 Å². The molecule has 2 aliphatic rings. The molecule has 2 rings (SSSR count). The molecule has 0 aromatic heterocycles. The van der Waals surface area contributed by atoms with Crippen LogP contribution in [0, 0.1) is 5.92 Å². The quantitative estimate of drug-likeness (QED) is 0.789. The molecule has 2 atom stereocenters. The van der Waals surface area contributed by atoms with Gasteiger partial charge in [0.15, 0.2) is 0 Å². The fourth-order valence-electron chi connectivity index (χ4n) is 3.66. The maximum atomic E-state index is 12.3. The molecule has 22 heavy (non-hydrogen) atoms. The van der Waals surface area contributed by atoms with E-state index in [4.69, 9.17) is 0 Å². The Morgan fingerprint density at radius 1 is 1.23 bits per heavy atom. The highest BCUT2D eigenvalue weighted by atomic mass is 16.3. The van der Waals surface area contributed by atoms with E-state index in [1.807, 2.05) is 4.90 Å². The lowest BCUT2D eigenvalue weighted by Crippen LogP contribution is -2.51. The third kappa shape index (κ3) is 5.13. The van der Waals surface area contributed by atoms with Gasteiger partial charge in [-0.1, -0.05) is 19.8 Å². The van der Waals surface area contributed by atoms with E-state index in [1.165, 1.54) is 38.6 Å². The molecule has 128 valence electrons. The van der Waals surface area contributed by atoms with Crippen LogP contribution in [0.25, 0.3) is 0 Å². The van der Waals surface area contributed by atoms with Crippen LogP contribution in [-0.2, 0) is 0 Å². The fraction of sp³-hybridized carbons (Fsp3) is 0.941. The molecule has 0 bridgehead atoms. The molecular weight excluding hydrogens is 278 g/mol. The molecule has 2 saturated heterocycles. The molecule has 2 N–H and O–H groups in total. The summed E-state index contributed by atoms with van der Waals surface area (Å²) in [6.07, 6.45) is 8.28. The third-order valence-corrected chi connectivity index (χ3v) is 5.10. The molecule has 0 aromatic carbocycles. The molecule has 5 heteroatoms. The van der Waals surface area contributed by atoms with Crippen LogP contribution in [0.5, 0.6) is 0 Å². The van der Waals surface area contributed by atoms with E-state index in [0.29, 0.717) is 12.6 Å². The maximum absolute atomic E-state index is 12.3. The first-order valence-corrected chi connectivity index (χ1v) is 9.12. The van der Waals surface area contributed by atoms with Crippen molar-refractivity contribution in [1.29, 1.82) is 0 Å². The van der Waals surface area contributed by atoms with Crippen molar-refractivity contribution >= 4 is 6.03 Å². The van der Waals surface area contributed by atoms with Crippen molar-refractivity contribution in [2.24, 2.45) is 5.92 Å². The van der Waals surface area contributed by atoms with Crippen molar-refractivity contribution in [2.75, 3.05) is 39.3 Å². The van der Waals surface area contributed by atoms with Gasteiger partial charge in [-0.2, -0.15) is 0 Å². The maximum Gasteiger partial charge on any atom is 0.317 e. The number of nitrogens with zero attached hydrogens (tertiary/aromatic N) is 2. The topological polar surface area (TPSA) is 55.8 Å². The predicted octanol–water partition coefficient (Wildman–Crippen LogP) is 2.05. The molecule has 2 unspecified atom stereocenters. The summed E-state index contributed by atoms with van der Waals surface area (Å²) in [5, 5.41) is 12.4. The van der Waals surface area contributed by atoms with Crippen molar-refractivity contribution < 1.29 is 9.90 Å². The molecule has 0 radical (unpaired) electrons. The summed E-state index contributed by atoms with van der Waals surface area (Å²) in [6, 6.07) is 0.557. The van der Waals surface area contributed by atoms with Crippen molar-refractivity contribution in [3.8, 4) is 0 Å². The molecule has 5 nitrogen and oxygen atoms in total. The Labute approximate surface area is 135 Å². The molecule has 0 spiro atoms. The summed E-state index contributed by atoms with van der Waals surface area (Å²) < 4.78 is 0. The predicted molar refractivity (Wildman–Crippen MR) is 88.9 cm³/mol. The number of hydrogen-bond donors (Lipinski definition) is 2. The largest absolute Gasteiger partial charge is 0.396 e. The van der Waals surface area contributed by atoms with Crippen molar-refractivity contribution in [3.63, 3.8) is 0 Å². The smallest absolute Gasteiger partial charge is 0.317 e. The molecule has 2 aliphatic heterocycles. The van der Waals surface area contributed by atoms with Gasteiger partial charge in [-0.05, 0) is 51.1 Å². The minimum Gasteiger partial charge on any atom is -0.396 e. The minimum absolute atomic E-state index is 0.0548. The average molecular weight is 311 g/mol. The normalized spacial score (nSPS) is 26.9. The van der Waals surface area contributed by atoms with E-state index >= 15 is 0 Å². The summed E-state index contributed by atoms with van der Waals surface area (Å²) in [7, 11) is 0. The number of carbonyl (C=O) groups is 1. The zero-order valence-electron chi connectivity index (χ0n) is 14.1. The Kier molecular flexibility index (Phi) is 7.46. The molecule has 2 heterocycles. The highest BCUT2D eigenvalue weighted by Crippen LogP contribution is 2.18. The van der Waals surface area contributed by atoms with Gasteiger partial charge in [-0.25, -0.2) is 4.79 Å². The number of aliphatic hydroxyl groups is 1. The zero-order valence-corrected chi connectivity index (χ0v) is 14.1. The number of amides is 2. The third-order valence-electron chi connectivity index (χ3n) is 5.10. The van der Waals surface area contributed by atoms with Crippen LogP contribution in [-0.4, -0.2) is 66.3 Å². The number of aliphatic hydroxyl groups excluding tert-OH is 1. The molecule has 0 saturated carbocycles. The van der Waals surface area contributed by atoms with Gasteiger partial charge in [0.05, 0.1) is 0 Å². The number of urea groups is 1. The monoisotopic (exact) mass is 311 g/mol. The number of unbranched alkanes of at least 4 members (excludes halogenated alkanes) is 1. The van der Waals surface area contributed by atoms with E-state index in [-0.39, 0.29) is 18.6 Å². The van der Waals surface area contributed by atoms with Gasteiger partial charge in [0.2, 0.25) is 0 Å². The number of hydrogen-bond acceptors (Lipinski definition) is 3. The molecule has 2 amide bonds. The lowest BCUT2D eigenvalue weighted by atomic mass is 9.99. The lowest BCUT2D eigenvalue weighted by Gasteiger charge is -2.37. The minimum atomic E-state index is 0.0548. The van der Waals surface area contributed by atoms with Crippen LogP contribution >= 0.6 is 0 Å². The number of likely N-dealkylation sites (tertiary alicyclic amines) is 2. The highest BCUT2D eigenvalue weighted by Gasteiger charge is 2.25. The van der Waals surface area contributed by atoms with Crippen LogP contribution in [0.15, 0.2) is 0 Å². The molecule has 0 aromatic rings. The van der Waals surface area contributed by atoms with E-state index in [9.17, 15) is 9.90 Å². The second kappa shape index (κ2) is 9.36. The van der Waals surface area contributed by atoms with Gasteiger partial charge < -0.3 is 15.3 Å². The van der Waals surface area contributed by atoms with E-state index in [0.717, 1.165) is 32.5 Å². The van der Waals surface area contributed by atoms with Crippen molar-refractivity contribution in [1.82, 2.24) is 15.1 Å². The van der Waals surface area contributed by atoms with E-state index in [1.54, 1.807) is 0 Å². The summed E-state index contributed by atoms with van der Waals surface area (Å²) >= 11 is 0. The van der Waals surface area contributed by atoms with Crippen molar-refractivity contribution in [3.05, 3.63) is 0 Å². The Morgan fingerprint density at radius 3 is 2.86 bits per heavy atom. The number of nitrogens with one attached hydrogen (secondary N) is 1. The van der Waals surface area contributed by atoms with Gasteiger partial charge >= 0.3 is 6.03 Å². The Bertz CT molecular complexity index is 338. The Hall–Kier alpha value is -0.810. The highest BCUT2D eigenvalue weighted by molar-refractivity contribution is 5.74. The van der Waals surface area contributed by atoms with Crippen molar-refractivity contribution in [2.45, 2.75) is 57.9 Å². The average Bonchev–Trinajstić information content (AvgIpc) is 2.58. The standard InChI is InChI=1S/C17H33N3O2/c1-2-3-9-19-10-5-4-8-16(19)12-18-17(22)20-11-6-7-15(13-20)14-21/h15-16,21H,2-14H2,1H3,(H,18,22). The second-order valence-electron chi connectivity index (χ2n) is 6.86. The SMILES string of the molecule is CCCCN1CCCCC1CNC(=O)N1CCCC(CO)C1. The number of carbonyl (C=O) groups excluding carboxylic acids is 1. The second-order valence-corrected chi connectivity index (χ2v) is 6.86. The number of rotatable bonds is 6. The zero-order chi connectivity index (χ0) is 15.8. The van der Waals surface area contributed by atoms with Gasteiger partial charge in [-0.3, -0.25) is 4.90 Å². The summed E-state index contributed by atoms with van der Waals surface area (Å²) in [5.41, 5.74) is 0. The summed E-state index contributed by atoms with van der Waals surface area (Å²) in [4.78, 5) is 16.8. The Morgan fingerprint density at radius 2 is 2.09 bits per heavy atom. The van der Waals surface area contributed by atoms with E-state index in [2.05, 4.69) is 17.1 Å². The van der Waals surface area contributed by atoms with Crippen LogP contribution in [0.1, 0.15) is 51.9 Å². The fourth-order valence-corrected chi connectivity index (χ4v) is 3.66. The summed E-state index contributed by atoms with van der Waals surface area (Å²) in [5.74, 6) is 0.259. The first-order chi connectivity index (χ1) is 10.7. The molecule has 2 fully saturated rings. The van der Waals surface area contributed by atoms with Crippen LogP contribution < -0.4 is 5.32 Å². The molecular formula is C17H33N3O2. The van der Waals surface area contributed by atoms with Gasteiger partial charge in [0, 0.05) is 32.3 Å². The summed E-state index contributed by atoms with van der Waals surface area (Å²) in [6.45, 7) is 7.05. The van der Waals surface area contributed by atoms with Crippen LogP contribution in [0.3, 0.4) is 0 Å². The first-order valence-electron chi connectivity index (χ1n) is 9.12. The lowest BCUT2D eigenvalue weighted by molar-refractivity contribution is 0.120. The Balaban J connectivity index is 1.76. The first kappa shape index (κ1) is 17.5. The van der Waals surface area contributed by atoms with Gasteiger partial charge in [0.25, 0.3) is 0 Å². The van der Waals surface area contributed by atoms with Gasteiger partial charge in [-0.15, -0.1) is 0 Å². The van der Waals surface area contributed by atoms with Crippen LogP contribution in [0.2, 0.25) is 0 Å². The number of piperidine rings is 2. The van der Waals surface area contributed by atoms with E-state index < -0.39 is 0 Å². The van der Waals surface area contributed by atoms with Gasteiger partial charge in [0.1, 0.15) is 0 Å².